The molecule has 1 rings (SSSR count). The van der Waals surface area contributed by atoms with Crippen molar-refractivity contribution in [2.45, 2.75) is 0 Å². The minimum atomic E-state index is 1.35. The summed E-state index contributed by atoms with van der Waals surface area (Å²) in [5.41, 5.74) is 0. The standard InChI is InChI=1S/C5H4N.Sn/c1-2-4-6-5-3-1;/h2-5H;/q;+3. The zero-order valence-corrected chi connectivity index (χ0v) is 6.61. The molecule has 0 atom stereocenters. The molecule has 0 amide bonds. The van der Waals surface area contributed by atoms with E-state index in [-0.39, 0.29) is 0 Å². The fraction of sp³-hybridized carbons (Fsp3) is 0. The Hall–Kier alpha value is -0.0513. The first-order valence-electron chi connectivity index (χ1n) is 2.01. The summed E-state index contributed by atoms with van der Waals surface area (Å²) in [6, 6.07) is 4.02. The molecule has 0 unspecified atom stereocenters. The van der Waals surface area contributed by atoms with E-state index in [4.69, 9.17) is 0 Å². The maximum absolute atomic E-state index is 3.86. The van der Waals surface area contributed by atoms with Gasteiger partial charge in [-0.1, -0.05) is 0 Å². The second kappa shape index (κ2) is 2.31. The van der Waals surface area contributed by atoms with Crippen LogP contribution in [0.15, 0.2) is 24.5 Å². The summed E-state index contributed by atoms with van der Waals surface area (Å²) in [6.07, 6.45) is 3.62. The summed E-state index contributed by atoms with van der Waals surface area (Å²) in [6.45, 7) is 0. The van der Waals surface area contributed by atoms with Crippen LogP contribution in [0.3, 0.4) is 0 Å². The van der Waals surface area contributed by atoms with Crippen LogP contribution in [0.2, 0.25) is 0 Å². The predicted octanol–water partition coefficient (Wildman–Crippen LogP) is -0.125. The fourth-order valence-electron chi connectivity index (χ4n) is 0.352. The van der Waals surface area contributed by atoms with Gasteiger partial charge in [0.1, 0.15) is 0 Å². The van der Waals surface area contributed by atoms with Gasteiger partial charge >= 0.3 is 55.6 Å². The van der Waals surface area contributed by atoms with E-state index in [1.165, 1.54) is 26.1 Å². The number of hydrogen-bond donors (Lipinski definition) is 0. The van der Waals surface area contributed by atoms with Crippen molar-refractivity contribution in [2.24, 2.45) is 0 Å². The van der Waals surface area contributed by atoms with Crippen molar-refractivity contribution in [1.29, 1.82) is 0 Å². The van der Waals surface area contributed by atoms with Gasteiger partial charge in [0.2, 0.25) is 0 Å². The van der Waals surface area contributed by atoms with E-state index in [9.17, 15) is 0 Å². The Balaban J connectivity index is 3.02. The van der Waals surface area contributed by atoms with Gasteiger partial charge in [-0.25, -0.2) is 0 Å². The molecule has 0 fully saturated rings. The monoisotopic (exact) mass is 198 g/mol. The van der Waals surface area contributed by atoms with Gasteiger partial charge in [-0.2, -0.15) is 0 Å². The second-order valence-corrected chi connectivity index (χ2v) is 2.88. The summed E-state index contributed by atoms with van der Waals surface area (Å²) in [7, 11) is 0. The Bertz CT molecular complexity index is 138. The van der Waals surface area contributed by atoms with Crippen LogP contribution in [0, 0.1) is 0 Å². The Kier molecular flexibility index (Phi) is 1.68. The van der Waals surface area contributed by atoms with E-state index < -0.39 is 0 Å². The molecule has 0 N–H and O–H groups in total. The molecule has 0 radical (unpaired) electrons. The molecule has 0 spiro atoms. The van der Waals surface area contributed by atoms with Crippen LogP contribution >= 0.6 is 0 Å². The van der Waals surface area contributed by atoms with E-state index >= 15 is 0 Å². The molecule has 1 aromatic heterocycles. The molecule has 30 valence electrons. The van der Waals surface area contributed by atoms with Crippen LogP contribution in [0.25, 0.3) is 0 Å². The van der Waals surface area contributed by atoms with E-state index in [0.29, 0.717) is 0 Å². The quantitative estimate of drug-likeness (QED) is 0.528. The second-order valence-electron chi connectivity index (χ2n) is 1.24. The molecule has 0 aliphatic heterocycles. The first-order chi connectivity index (χ1) is 3.39. The van der Waals surface area contributed by atoms with E-state index in [0.717, 1.165) is 0 Å². The van der Waals surface area contributed by atoms with Crippen molar-refractivity contribution < 1.29 is 0 Å². The molecular weight excluding hydrogens is 193 g/mol. The average molecular weight is 197 g/mol. The minimum absolute atomic E-state index is 1.35. The number of pyridine rings is 1. The third kappa shape index (κ3) is 1.47. The van der Waals surface area contributed by atoms with Gasteiger partial charge in [0.25, 0.3) is 0 Å². The van der Waals surface area contributed by atoms with Gasteiger partial charge in [0.15, 0.2) is 0 Å². The topological polar surface area (TPSA) is 12.9 Å². The van der Waals surface area contributed by atoms with Crippen molar-refractivity contribution in [3.05, 3.63) is 24.5 Å². The number of hydrogen-bond acceptors (Lipinski definition) is 1. The molecule has 1 heterocycles. The molecule has 2 heteroatoms. The summed E-state index contributed by atoms with van der Waals surface area (Å²) in [4.78, 5) is 3.86. The zero-order chi connectivity index (χ0) is 5.11. The Morgan fingerprint density at radius 3 is 2.14 bits per heavy atom. The molecular formula is C5H4NSn+3. The third-order valence-electron chi connectivity index (χ3n) is 0.680. The SMILES string of the molecule is [Sn+3][c]1ccncc1. The number of rotatable bonds is 0. The van der Waals surface area contributed by atoms with Gasteiger partial charge in [-0.3, -0.25) is 0 Å². The summed E-state index contributed by atoms with van der Waals surface area (Å²) >= 11 is 1.45. The molecule has 7 heavy (non-hydrogen) atoms. The van der Waals surface area contributed by atoms with E-state index in [1.807, 2.05) is 24.5 Å². The third-order valence-corrected chi connectivity index (χ3v) is 1.63. The van der Waals surface area contributed by atoms with Crippen LogP contribution in [0.1, 0.15) is 0 Å². The molecule has 0 saturated carbocycles. The fourth-order valence-corrected chi connectivity index (χ4v) is 0.777. The van der Waals surface area contributed by atoms with Crippen molar-refractivity contribution in [2.75, 3.05) is 0 Å². The molecule has 0 saturated heterocycles. The summed E-state index contributed by atoms with van der Waals surface area (Å²) in [5, 5.41) is 0. The molecule has 0 aliphatic carbocycles. The van der Waals surface area contributed by atoms with Gasteiger partial charge in [-0.05, 0) is 0 Å². The predicted molar refractivity (Wildman–Crippen MR) is 29.6 cm³/mol. The Morgan fingerprint density at radius 2 is 1.86 bits per heavy atom. The van der Waals surface area contributed by atoms with Crippen LogP contribution < -0.4 is 3.58 Å². The van der Waals surface area contributed by atoms with Crippen LogP contribution in [0.5, 0.6) is 0 Å². The van der Waals surface area contributed by atoms with Crippen molar-refractivity contribution in [3.8, 4) is 0 Å². The van der Waals surface area contributed by atoms with E-state index in [1.54, 1.807) is 0 Å². The summed E-state index contributed by atoms with van der Waals surface area (Å²) in [5.74, 6) is 0. The molecule has 0 bridgehead atoms. The normalized spacial score (nSPS) is 8.86. The van der Waals surface area contributed by atoms with Gasteiger partial charge < -0.3 is 0 Å². The van der Waals surface area contributed by atoms with Crippen molar-refractivity contribution in [3.63, 3.8) is 0 Å². The molecule has 0 aromatic carbocycles. The average Bonchev–Trinajstić information content (AvgIpc) is 1.69. The zero-order valence-electron chi connectivity index (χ0n) is 3.76. The first kappa shape index (κ1) is 5.09. The number of nitrogens with zero attached hydrogens (tertiary/aromatic N) is 1. The van der Waals surface area contributed by atoms with Crippen LogP contribution in [-0.4, -0.2) is 27.5 Å². The Morgan fingerprint density at radius 1 is 1.29 bits per heavy atom. The summed E-state index contributed by atoms with van der Waals surface area (Å²) < 4.78 is 1.35. The maximum atomic E-state index is 3.86. The van der Waals surface area contributed by atoms with Gasteiger partial charge in [0, 0.05) is 0 Å². The molecule has 1 aromatic rings. The van der Waals surface area contributed by atoms with Crippen molar-refractivity contribution in [1.82, 2.24) is 4.98 Å². The van der Waals surface area contributed by atoms with Crippen LogP contribution in [0.4, 0.5) is 0 Å². The van der Waals surface area contributed by atoms with Gasteiger partial charge in [0.05, 0.1) is 0 Å². The van der Waals surface area contributed by atoms with Crippen molar-refractivity contribution >= 4 is 26.1 Å². The molecule has 0 aliphatic rings. The van der Waals surface area contributed by atoms with Crippen LogP contribution in [-0.2, 0) is 0 Å². The first-order valence-corrected chi connectivity index (χ1v) is 3.44. The van der Waals surface area contributed by atoms with E-state index in [2.05, 4.69) is 4.98 Å². The Labute approximate surface area is 55.9 Å². The number of aromatic nitrogens is 1. The molecule has 1 nitrogen and oxygen atoms in total. The van der Waals surface area contributed by atoms with Gasteiger partial charge in [-0.15, -0.1) is 0 Å².